The highest BCUT2D eigenvalue weighted by molar-refractivity contribution is 6.05. The number of carbonyl (C=O) groups is 2. The summed E-state index contributed by atoms with van der Waals surface area (Å²) in [7, 11) is 0. The summed E-state index contributed by atoms with van der Waals surface area (Å²) in [5.41, 5.74) is 2.09. The molecule has 0 aromatic carbocycles. The van der Waals surface area contributed by atoms with Gasteiger partial charge in [-0.15, -0.1) is 0 Å². The number of nitrogens with zero attached hydrogens (tertiary/aromatic N) is 4. The Labute approximate surface area is 216 Å². The molecule has 11 nitrogen and oxygen atoms in total. The van der Waals surface area contributed by atoms with Crippen molar-refractivity contribution in [2.24, 2.45) is 0 Å². The summed E-state index contributed by atoms with van der Waals surface area (Å²) < 4.78 is 17.2. The summed E-state index contributed by atoms with van der Waals surface area (Å²) in [5.74, 6) is 0.535. The molecule has 37 heavy (non-hydrogen) atoms. The van der Waals surface area contributed by atoms with Crippen LogP contribution < -0.4 is 25.2 Å². The molecule has 11 heteroatoms. The van der Waals surface area contributed by atoms with Crippen LogP contribution in [0.25, 0.3) is 0 Å². The maximum absolute atomic E-state index is 13.6. The fraction of sp³-hybridized carbons (Fsp3) is 0.538. The Balaban J connectivity index is 1.34. The van der Waals surface area contributed by atoms with Gasteiger partial charge in [-0.2, -0.15) is 0 Å². The second-order valence-corrected chi connectivity index (χ2v) is 10.5. The zero-order chi connectivity index (χ0) is 26.3. The number of pyridine rings is 2. The smallest absolute Gasteiger partial charge is 0.329 e. The van der Waals surface area contributed by atoms with Crippen molar-refractivity contribution in [3.8, 4) is 5.75 Å². The highest BCUT2D eigenvalue weighted by atomic mass is 16.7. The number of ether oxygens (including phenoxy) is 3. The fourth-order valence-electron chi connectivity index (χ4n) is 5.02. The Kier molecular flexibility index (Phi) is 6.67. The SMILES string of the molecule is Cc1cc(C(=O)NC(C)C)nc2c1N1CC[C@@H](C1)N2C(=O)Nc1cc(OC[C@H]2COC(C)(C)O2)ccn1. The zero-order valence-corrected chi connectivity index (χ0v) is 21.9. The normalized spacial score (nSPS) is 21.7. The Bertz CT molecular complexity index is 1200. The van der Waals surface area contributed by atoms with Crippen LogP contribution in [0, 0.1) is 6.92 Å². The number of fused-ring (bicyclic) bond motifs is 4. The lowest BCUT2D eigenvalue weighted by molar-refractivity contribution is -0.141. The molecule has 2 N–H and O–H groups in total. The Morgan fingerprint density at radius 1 is 1.30 bits per heavy atom. The van der Waals surface area contributed by atoms with Crippen molar-refractivity contribution in [3.63, 3.8) is 0 Å². The molecule has 2 bridgehead atoms. The van der Waals surface area contributed by atoms with E-state index >= 15 is 0 Å². The van der Waals surface area contributed by atoms with E-state index in [1.54, 1.807) is 29.3 Å². The van der Waals surface area contributed by atoms with Gasteiger partial charge in [0.05, 0.1) is 18.3 Å². The van der Waals surface area contributed by atoms with Crippen LogP contribution in [0.3, 0.4) is 0 Å². The average molecular weight is 511 g/mol. The zero-order valence-electron chi connectivity index (χ0n) is 21.9. The van der Waals surface area contributed by atoms with Crippen LogP contribution in [-0.2, 0) is 9.47 Å². The molecule has 5 heterocycles. The number of aryl methyl sites for hydroxylation is 1. The van der Waals surface area contributed by atoms with Crippen molar-refractivity contribution < 1.29 is 23.8 Å². The van der Waals surface area contributed by atoms with Crippen molar-refractivity contribution in [1.29, 1.82) is 0 Å². The molecule has 5 rings (SSSR count). The van der Waals surface area contributed by atoms with Crippen molar-refractivity contribution in [3.05, 3.63) is 35.7 Å². The van der Waals surface area contributed by atoms with Gasteiger partial charge in [0.25, 0.3) is 5.91 Å². The number of hydrogen-bond donors (Lipinski definition) is 2. The van der Waals surface area contributed by atoms with E-state index in [1.165, 1.54) is 0 Å². The first-order chi connectivity index (χ1) is 17.6. The van der Waals surface area contributed by atoms with Crippen LogP contribution in [0.5, 0.6) is 5.75 Å². The number of hydrogen-bond acceptors (Lipinski definition) is 8. The number of rotatable bonds is 6. The van der Waals surface area contributed by atoms with Gasteiger partial charge in [0.15, 0.2) is 11.6 Å². The molecule has 0 aliphatic carbocycles. The van der Waals surface area contributed by atoms with E-state index in [1.807, 2.05) is 34.6 Å². The van der Waals surface area contributed by atoms with Crippen LogP contribution in [0.2, 0.25) is 0 Å². The predicted octanol–water partition coefficient (Wildman–Crippen LogP) is 3.08. The molecular weight excluding hydrogens is 476 g/mol. The molecule has 2 saturated heterocycles. The highest BCUT2D eigenvalue weighted by Gasteiger charge is 2.41. The molecule has 2 aromatic rings. The Morgan fingerprint density at radius 3 is 2.84 bits per heavy atom. The van der Waals surface area contributed by atoms with E-state index in [4.69, 9.17) is 14.2 Å². The molecule has 3 aliphatic heterocycles. The van der Waals surface area contributed by atoms with Crippen molar-refractivity contribution in [2.45, 2.75) is 65.0 Å². The second kappa shape index (κ2) is 9.79. The number of amides is 3. The molecule has 198 valence electrons. The summed E-state index contributed by atoms with van der Waals surface area (Å²) in [5, 5.41) is 5.78. The highest BCUT2D eigenvalue weighted by Crippen LogP contribution is 2.41. The maximum Gasteiger partial charge on any atom is 0.329 e. The van der Waals surface area contributed by atoms with Gasteiger partial charge in [-0.05, 0) is 58.7 Å². The van der Waals surface area contributed by atoms with Crippen molar-refractivity contribution in [2.75, 3.05) is 41.4 Å². The monoisotopic (exact) mass is 510 g/mol. The van der Waals surface area contributed by atoms with Crippen LogP contribution in [0.1, 0.15) is 50.2 Å². The van der Waals surface area contributed by atoms with Gasteiger partial charge in [-0.3, -0.25) is 15.0 Å². The quantitative estimate of drug-likeness (QED) is 0.609. The van der Waals surface area contributed by atoms with E-state index in [2.05, 4.69) is 25.5 Å². The van der Waals surface area contributed by atoms with Crippen LogP contribution >= 0.6 is 0 Å². The molecule has 0 spiro atoms. The van der Waals surface area contributed by atoms with E-state index in [9.17, 15) is 9.59 Å². The minimum atomic E-state index is -0.617. The summed E-state index contributed by atoms with van der Waals surface area (Å²) in [6.45, 7) is 11.8. The number of nitrogens with one attached hydrogen (secondary N) is 2. The fourth-order valence-corrected chi connectivity index (χ4v) is 5.02. The third-order valence-electron chi connectivity index (χ3n) is 6.58. The summed E-state index contributed by atoms with van der Waals surface area (Å²) in [6, 6.07) is 4.77. The predicted molar refractivity (Wildman–Crippen MR) is 138 cm³/mol. The number of urea groups is 1. The van der Waals surface area contributed by atoms with Gasteiger partial charge in [-0.1, -0.05) is 0 Å². The van der Waals surface area contributed by atoms with E-state index in [-0.39, 0.29) is 30.1 Å². The Morgan fingerprint density at radius 2 is 2.11 bits per heavy atom. The van der Waals surface area contributed by atoms with E-state index < -0.39 is 5.79 Å². The summed E-state index contributed by atoms with van der Waals surface area (Å²) in [4.78, 5) is 39.2. The molecular formula is C26H34N6O5. The third-order valence-corrected chi connectivity index (χ3v) is 6.58. The lowest BCUT2D eigenvalue weighted by Crippen LogP contribution is -2.49. The maximum atomic E-state index is 13.6. The van der Waals surface area contributed by atoms with Crippen molar-refractivity contribution >= 4 is 29.3 Å². The number of aromatic nitrogens is 2. The van der Waals surface area contributed by atoms with Crippen molar-refractivity contribution in [1.82, 2.24) is 15.3 Å². The minimum Gasteiger partial charge on any atom is -0.491 e. The second-order valence-electron chi connectivity index (χ2n) is 10.5. The largest absolute Gasteiger partial charge is 0.491 e. The standard InChI is InChI=1S/C26H34N6O5/c1-15(2)28-24(33)20-10-16(3)22-23(29-20)32(17-7-9-31(22)12-17)25(34)30-21-11-18(6-8-27-21)35-13-19-14-36-26(4,5)37-19/h6,8,10-11,15,17,19H,7,9,12-14H2,1-5H3,(H,28,33)(H,27,30,34)/t17-,19-/m0/s1. The molecule has 2 fully saturated rings. The molecule has 3 amide bonds. The topological polar surface area (TPSA) is 118 Å². The number of carbonyl (C=O) groups excluding carboxylic acids is 2. The molecule has 0 unspecified atom stereocenters. The van der Waals surface area contributed by atoms with E-state index in [0.29, 0.717) is 36.3 Å². The van der Waals surface area contributed by atoms with Gasteiger partial charge in [0.1, 0.15) is 30.0 Å². The summed E-state index contributed by atoms with van der Waals surface area (Å²) >= 11 is 0. The van der Waals surface area contributed by atoms with Crippen LogP contribution in [-0.4, -0.2) is 72.2 Å². The van der Waals surface area contributed by atoms with E-state index in [0.717, 1.165) is 30.8 Å². The number of anilines is 3. The molecule has 2 atom stereocenters. The third kappa shape index (κ3) is 5.33. The molecule has 3 aliphatic rings. The van der Waals surface area contributed by atoms with Gasteiger partial charge >= 0.3 is 6.03 Å². The van der Waals surface area contributed by atoms with Gasteiger partial charge in [0, 0.05) is 31.4 Å². The Hall–Kier alpha value is -3.44. The first-order valence-electron chi connectivity index (χ1n) is 12.7. The van der Waals surface area contributed by atoms with Gasteiger partial charge in [-0.25, -0.2) is 14.8 Å². The average Bonchev–Trinajstić information content (AvgIpc) is 3.40. The summed E-state index contributed by atoms with van der Waals surface area (Å²) in [6.07, 6.45) is 2.22. The molecule has 0 saturated carbocycles. The van der Waals surface area contributed by atoms with Crippen LogP contribution in [0.4, 0.5) is 22.1 Å². The van der Waals surface area contributed by atoms with Gasteiger partial charge < -0.3 is 24.4 Å². The van der Waals surface area contributed by atoms with Crippen LogP contribution in [0.15, 0.2) is 24.4 Å². The minimum absolute atomic E-state index is 0.0233. The first-order valence-corrected chi connectivity index (χ1v) is 12.7. The lowest BCUT2D eigenvalue weighted by Gasteiger charge is -2.36. The first kappa shape index (κ1) is 25.2. The molecule has 2 aromatic heterocycles. The lowest BCUT2D eigenvalue weighted by atomic mass is 10.1. The molecule has 0 radical (unpaired) electrons. The van der Waals surface area contributed by atoms with Gasteiger partial charge in [0.2, 0.25) is 0 Å².